The number of aromatic nitrogens is 1. The van der Waals surface area contributed by atoms with E-state index >= 15 is 0 Å². The van der Waals surface area contributed by atoms with Crippen LogP contribution in [0.3, 0.4) is 0 Å². The number of carbonyl (C=O) groups is 2. The first-order valence-electron chi connectivity index (χ1n) is 9.08. The van der Waals surface area contributed by atoms with Gasteiger partial charge >= 0.3 is 0 Å². The molecule has 0 bridgehead atoms. The van der Waals surface area contributed by atoms with Crippen molar-refractivity contribution in [1.82, 2.24) is 15.6 Å². The Morgan fingerprint density at radius 1 is 1.10 bits per heavy atom. The maximum Gasteiger partial charge on any atom is 0.249 e. The van der Waals surface area contributed by atoms with Crippen molar-refractivity contribution in [1.29, 1.82) is 0 Å². The molecule has 2 atom stereocenters. The molecular formula is C20H24F2N4O3. The molecule has 0 aliphatic carbocycles. The number of pyridine rings is 1. The Bertz CT molecular complexity index is 859. The second-order valence-corrected chi connectivity index (χ2v) is 6.97. The Labute approximate surface area is 167 Å². The molecular weight excluding hydrogens is 382 g/mol. The largest absolute Gasteiger partial charge is 0.384 e. The van der Waals surface area contributed by atoms with Crippen LogP contribution in [0.5, 0.6) is 0 Å². The van der Waals surface area contributed by atoms with E-state index in [1.165, 1.54) is 12.3 Å². The minimum absolute atomic E-state index is 0.134. The number of hydrogen-bond acceptors (Lipinski definition) is 5. The molecule has 2 amide bonds. The Balaban J connectivity index is 2.14. The Kier molecular flexibility index (Phi) is 7.60. The molecule has 0 saturated carbocycles. The molecule has 5 N–H and O–H groups in total. The third kappa shape index (κ3) is 6.21. The molecule has 1 heterocycles. The van der Waals surface area contributed by atoms with Gasteiger partial charge in [-0.2, -0.15) is 0 Å². The van der Waals surface area contributed by atoms with Crippen molar-refractivity contribution < 1.29 is 23.5 Å². The second kappa shape index (κ2) is 9.92. The summed E-state index contributed by atoms with van der Waals surface area (Å²) in [7, 11) is 0. The predicted octanol–water partition coefficient (Wildman–Crippen LogP) is 1.48. The zero-order chi connectivity index (χ0) is 21.6. The normalized spacial score (nSPS) is 13.0. The van der Waals surface area contributed by atoms with E-state index in [4.69, 9.17) is 5.73 Å². The van der Waals surface area contributed by atoms with E-state index in [9.17, 15) is 23.5 Å². The minimum Gasteiger partial charge on any atom is -0.384 e. The Morgan fingerprint density at radius 3 is 2.41 bits per heavy atom. The van der Waals surface area contributed by atoms with E-state index in [1.807, 2.05) is 0 Å². The van der Waals surface area contributed by atoms with E-state index in [0.29, 0.717) is 11.4 Å². The van der Waals surface area contributed by atoms with Gasteiger partial charge < -0.3 is 21.5 Å². The number of benzene rings is 1. The number of rotatable bonds is 8. The van der Waals surface area contributed by atoms with Gasteiger partial charge in [-0.15, -0.1) is 0 Å². The summed E-state index contributed by atoms with van der Waals surface area (Å²) in [4.78, 5) is 28.7. The maximum absolute atomic E-state index is 13.7. The van der Waals surface area contributed by atoms with Crippen molar-refractivity contribution in [2.45, 2.75) is 32.4 Å². The van der Waals surface area contributed by atoms with Gasteiger partial charge in [0, 0.05) is 19.3 Å². The first-order chi connectivity index (χ1) is 13.7. The molecule has 0 spiro atoms. The molecule has 7 nitrogen and oxygen atoms in total. The minimum atomic E-state index is -1.25. The molecule has 0 radical (unpaired) electrons. The molecule has 0 saturated heterocycles. The van der Waals surface area contributed by atoms with Crippen molar-refractivity contribution in [3.05, 3.63) is 59.3 Å². The molecule has 29 heavy (non-hydrogen) atoms. The number of amides is 2. The molecule has 0 fully saturated rings. The summed E-state index contributed by atoms with van der Waals surface area (Å²) in [6.45, 7) is 3.28. The van der Waals surface area contributed by atoms with Crippen LogP contribution in [0, 0.1) is 17.6 Å². The van der Waals surface area contributed by atoms with Crippen molar-refractivity contribution >= 4 is 17.6 Å². The molecule has 156 valence electrons. The molecule has 2 aromatic rings. The highest BCUT2D eigenvalue weighted by atomic mass is 19.2. The Hall–Kier alpha value is -3.07. The van der Waals surface area contributed by atoms with Crippen molar-refractivity contribution in [2.24, 2.45) is 5.92 Å². The van der Waals surface area contributed by atoms with Gasteiger partial charge in [0.15, 0.2) is 11.6 Å². The molecule has 9 heteroatoms. The van der Waals surface area contributed by atoms with Gasteiger partial charge in [-0.1, -0.05) is 26.0 Å². The number of nitrogens with one attached hydrogen (secondary N) is 2. The standard InChI is InChI=1S/C20H24F2N4O3/c1-11(2)18(27)20(29)26-10-14(13-4-5-15(21)16(22)7-13)19(28)25-9-12-3-6-17(23)24-8-12/h3-8,11,14,18,27H,9-10H2,1-2H3,(H2,23,24)(H,25,28)(H,26,29)/t14-,18+/m0/s1. The van der Waals surface area contributed by atoms with E-state index in [-0.39, 0.29) is 24.6 Å². The summed E-state index contributed by atoms with van der Waals surface area (Å²) in [6, 6.07) is 6.38. The smallest absolute Gasteiger partial charge is 0.249 e. The number of aliphatic hydroxyl groups is 1. The predicted molar refractivity (Wildman–Crippen MR) is 103 cm³/mol. The van der Waals surface area contributed by atoms with E-state index in [2.05, 4.69) is 15.6 Å². The van der Waals surface area contributed by atoms with Crippen LogP contribution >= 0.6 is 0 Å². The summed E-state index contributed by atoms with van der Waals surface area (Å²) >= 11 is 0. The third-order valence-electron chi connectivity index (χ3n) is 4.36. The summed E-state index contributed by atoms with van der Waals surface area (Å²) < 4.78 is 26.9. The zero-order valence-electron chi connectivity index (χ0n) is 16.2. The lowest BCUT2D eigenvalue weighted by atomic mass is 9.97. The van der Waals surface area contributed by atoms with Crippen LogP contribution in [0.25, 0.3) is 0 Å². The van der Waals surface area contributed by atoms with E-state index in [0.717, 1.165) is 12.1 Å². The van der Waals surface area contributed by atoms with E-state index < -0.39 is 35.5 Å². The molecule has 1 aromatic heterocycles. The van der Waals surface area contributed by atoms with Gasteiger partial charge in [-0.05, 0) is 35.2 Å². The fraction of sp³-hybridized carbons (Fsp3) is 0.350. The molecule has 1 aromatic carbocycles. The number of aliphatic hydroxyl groups excluding tert-OH is 1. The number of nitrogens with two attached hydrogens (primary N) is 1. The quantitative estimate of drug-likeness (QED) is 0.530. The molecule has 0 aliphatic rings. The van der Waals surface area contributed by atoms with Crippen molar-refractivity contribution in [2.75, 3.05) is 12.3 Å². The lowest BCUT2D eigenvalue weighted by Gasteiger charge is -2.20. The highest BCUT2D eigenvalue weighted by Gasteiger charge is 2.25. The van der Waals surface area contributed by atoms with Gasteiger partial charge in [0.25, 0.3) is 0 Å². The number of halogens is 2. The van der Waals surface area contributed by atoms with Crippen molar-refractivity contribution in [3.63, 3.8) is 0 Å². The Morgan fingerprint density at radius 2 is 1.83 bits per heavy atom. The molecule has 0 unspecified atom stereocenters. The zero-order valence-corrected chi connectivity index (χ0v) is 16.2. The topological polar surface area (TPSA) is 117 Å². The van der Waals surface area contributed by atoms with Gasteiger partial charge in [0.2, 0.25) is 11.8 Å². The van der Waals surface area contributed by atoms with Crippen LogP contribution in [-0.4, -0.2) is 34.6 Å². The van der Waals surface area contributed by atoms with Crippen LogP contribution in [0.15, 0.2) is 36.5 Å². The number of anilines is 1. The van der Waals surface area contributed by atoms with Crippen LogP contribution in [-0.2, 0) is 16.1 Å². The summed E-state index contributed by atoms with van der Waals surface area (Å²) in [5.74, 6) is -4.27. The van der Waals surface area contributed by atoms with Gasteiger partial charge in [0.05, 0.1) is 5.92 Å². The van der Waals surface area contributed by atoms with Gasteiger partial charge in [-0.25, -0.2) is 13.8 Å². The maximum atomic E-state index is 13.7. The van der Waals surface area contributed by atoms with Crippen LogP contribution < -0.4 is 16.4 Å². The lowest BCUT2D eigenvalue weighted by Crippen LogP contribution is -2.42. The van der Waals surface area contributed by atoms with Crippen molar-refractivity contribution in [3.8, 4) is 0 Å². The van der Waals surface area contributed by atoms with Gasteiger partial charge in [-0.3, -0.25) is 9.59 Å². The lowest BCUT2D eigenvalue weighted by molar-refractivity contribution is -0.131. The number of hydrogen-bond donors (Lipinski definition) is 4. The monoisotopic (exact) mass is 406 g/mol. The fourth-order valence-corrected chi connectivity index (χ4v) is 2.55. The average Bonchev–Trinajstić information content (AvgIpc) is 2.69. The van der Waals surface area contributed by atoms with Crippen LogP contribution in [0.4, 0.5) is 14.6 Å². The SMILES string of the molecule is CC(C)[C@@H](O)C(=O)NC[C@H](C(=O)NCc1ccc(N)nc1)c1ccc(F)c(F)c1. The first-order valence-corrected chi connectivity index (χ1v) is 9.08. The summed E-state index contributed by atoms with van der Waals surface area (Å²) in [6.07, 6.45) is 0.257. The number of nitrogen functional groups attached to an aromatic ring is 1. The number of nitrogens with zero attached hydrogens (tertiary/aromatic N) is 1. The van der Waals surface area contributed by atoms with Gasteiger partial charge in [0.1, 0.15) is 11.9 Å². The highest BCUT2D eigenvalue weighted by molar-refractivity contribution is 5.86. The first kappa shape index (κ1) is 22.2. The van der Waals surface area contributed by atoms with Crippen LogP contribution in [0.2, 0.25) is 0 Å². The third-order valence-corrected chi connectivity index (χ3v) is 4.36. The summed E-state index contributed by atoms with van der Waals surface area (Å²) in [5.41, 5.74) is 6.40. The van der Waals surface area contributed by atoms with Crippen LogP contribution in [0.1, 0.15) is 30.9 Å². The fourth-order valence-electron chi connectivity index (χ4n) is 2.55. The highest BCUT2D eigenvalue weighted by Crippen LogP contribution is 2.19. The average molecular weight is 406 g/mol. The molecule has 0 aliphatic heterocycles. The van der Waals surface area contributed by atoms with E-state index in [1.54, 1.807) is 26.0 Å². The summed E-state index contributed by atoms with van der Waals surface area (Å²) in [5, 5.41) is 15.0. The number of carbonyl (C=O) groups excluding carboxylic acids is 2. The second-order valence-electron chi connectivity index (χ2n) is 6.97. The molecule has 2 rings (SSSR count).